The van der Waals surface area contributed by atoms with Crippen LogP contribution >= 0.6 is 0 Å². The topological polar surface area (TPSA) is 42.2 Å². The second-order valence-corrected chi connectivity index (χ2v) is 5.96. The molecule has 1 aromatic heterocycles. The van der Waals surface area contributed by atoms with Gasteiger partial charge in [0, 0.05) is 5.57 Å². The van der Waals surface area contributed by atoms with E-state index < -0.39 is 5.54 Å². The third-order valence-electron chi connectivity index (χ3n) is 4.36. The minimum Gasteiger partial charge on any atom is -0.463 e. The van der Waals surface area contributed by atoms with Gasteiger partial charge in [-0.05, 0) is 36.3 Å². The van der Waals surface area contributed by atoms with E-state index in [2.05, 4.69) is 5.32 Å². The van der Waals surface area contributed by atoms with Crippen molar-refractivity contribution >= 4 is 11.5 Å². The van der Waals surface area contributed by atoms with Gasteiger partial charge in [0.2, 0.25) is 0 Å². The van der Waals surface area contributed by atoms with E-state index in [1.165, 1.54) is 0 Å². The molecule has 2 heterocycles. The number of hydrogen-bond acceptors (Lipinski definition) is 2. The van der Waals surface area contributed by atoms with E-state index in [9.17, 15) is 4.79 Å². The maximum Gasteiger partial charge on any atom is 0.252 e. The third-order valence-corrected chi connectivity index (χ3v) is 4.36. The molecule has 0 fully saturated rings. The highest BCUT2D eigenvalue weighted by atomic mass is 16.3. The van der Waals surface area contributed by atoms with Gasteiger partial charge >= 0.3 is 0 Å². The van der Waals surface area contributed by atoms with Crippen LogP contribution in [0.4, 0.5) is 0 Å². The van der Waals surface area contributed by atoms with Crippen molar-refractivity contribution in [2.75, 3.05) is 0 Å². The molecular formula is C21H17NO2. The van der Waals surface area contributed by atoms with Crippen LogP contribution in [-0.2, 0) is 10.3 Å². The van der Waals surface area contributed by atoms with Crippen molar-refractivity contribution in [1.29, 1.82) is 0 Å². The van der Waals surface area contributed by atoms with Crippen LogP contribution in [0.15, 0.2) is 83.3 Å². The van der Waals surface area contributed by atoms with E-state index in [1.807, 2.05) is 85.8 Å². The summed E-state index contributed by atoms with van der Waals surface area (Å²) in [6, 6.07) is 23.4. The first-order valence-corrected chi connectivity index (χ1v) is 7.92. The van der Waals surface area contributed by atoms with Crippen LogP contribution in [0.2, 0.25) is 0 Å². The summed E-state index contributed by atoms with van der Waals surface area (Å²) in [5.41, 5.74) is 1.75. The van der Waals surface area contributed by atoms with Crippen molar-refractivity contribution in [2.45, 2.75) is 12.5 Å². The molecular weight excluding hydrogens is 298 g/mol. The van der Waals surface area contributed by atoms with Crippen LogP contribution in [0.5, 0.6) is 0 Å². The minimum absolute atomic E-state index is 0.0980. The van der Waals surface area contributed by atoms with E-state index in [4.69, 9.17) is 4.42 Å². The van der Waals surface area contributed by atoms with Gasteiger partial charge in [0.15, 0.2) is 0 Å². The average Bonchev–Trinajstić information content (AvgIpc) is 3.21. The molecule has 4 rings (SSSR count). The number of aryl methyl sites for hydroxylation is 1. The van der Waals surface area contributed by atoms with Gasteiger partial charge in [-0.2, -0.15) is 0 Å². The third kappa shape index (κ3) is 2.26. The van der Waals surface area contributed by atoms with E-state index in [0.717, 1.165) is 16.9 Å². The maximum atomic E-state index is 12.7. The number of nitrogens with one attached hydrogen (secondary N) is 1. The number of rotatable bonds is 3. The summed E-state index contributed by atoms with van der Waals surface area (Å²) in [6.07, 6.45) is 1.97. The van der Waals surface area contributed by atoms with Crippen LogP contribution < -0.4 is 5.32 Å². The Balaban J connectivity index is 1.93. The molecule has 1 N–H and O–H groups in total. The molecule has 3 aromatic rings. The van der Waals surface area contributed by atoms with Gasteiger partial charge in [0.05, 0.1) is 0 Å². The van der Waals surface area contributed by atoms with Crippen LogP contribution in [0.1, 0.15) is 22.6 Å². The zero-order valence-electron chi connectivity index (χ0n) is 13.3. The first-order chi connectivity index (χ1) is 11.7. The van der Waals surface area contributed by atoms with Gasteiger partial charge in [0.1, 0.15) is 17.1 Å². The van der Waals surface area contributed by atoms with Crippen LogP contribution in [0, 0.1) is 6.92 Å². The molecule has 1 aliphatic heterocycles. The van der Waals surface area contributed by atoms with Crippen LogP contribution in [-0.4, -0.2) is 5.91 Å². The van der Waals surface area contributed by atoms with Crippen molar-refractivity contribution in [3.63, 3.8) is 0 Å². The fourth-order valence-electron chi connectivity index (χ4n) is 3.17. The molecule has 0 radical (unpaired) electrons. The van der Waals surface area contributed by atoms with Crippen molar-refractivity contribution in [3.8, 4) is 0 Å². The molecule has 0 saturated carbocycles. The highest BCUT2D eigenvalue weighted by Gasteiger charge is 2.43. The van der Waals surface area contributed by atoms with Gasteiger partial charge in [-0.3, -0.25) is 4.79 Å². The number of benzene rings is 2. The predicted octanol–water partition coefficient (Wildman–Crippen LogP) is 4.05. The summed E-state index contributed by atoms with van der Waals surface area (Å²) < 4.78 is 5.90. The molecule has 1 atom stereocenters. The number of carbonyl (C=O) groups excluding carboxylic acids is 1. The highest BCUT2D eigenvalue weighted by Crippen LogP contribution is 2.39. The Labute approximate surface area is 140 Å². The molecule has 1 unspecified atom stereocenters. The lowest BCUT2D eigenvalue weighted by Crippen LogP contribution is -2.40. The lowest BCUT2D eigenvalue weighted by atomic mass is 9.87. The lowest BCUT2D eigenvalue weighted by Gasteiger charge is -2.26. The average molecular weight is 315 g/mol. The molecule has 0 aliphatic carbocycles. The zero-order valence-corrected chi connectivity index (χ0v) is 13.3. The second-order valence-electron chi connectivity index (χ2n) is 5.96. The molecule has 118 valence electrons. The van der Waals surface area contributed by atoms with Crippen molar-refractivity contribution in [2.24, 2.45) is 0 Å². The summed E-state index contributed by atoms with van der Waals surface area (Å²) in [7, 11) is 0. The van der Waals surface area contributed by atoms with Gasteiger partial charge in [-0.15, -0.1) is 0 Å². The van der Waals surface area contributed by atoms with Gasteiger partial charge in [-0.1, -0.05) is 60.7 Å². The van der Waals surface area contributed by atoms with Crippen molar-refractivity contribution in [1.82, 2.24) is 5.32 Å². The summed E-state index contributed by atoms with van der Waals surface area (Å²) in [4.78, 5) is 12.7. The minimum atomic E-state index is -0.780. The summed E-state index contributed by atoms with van der Waals surface area (Å²) in [5, 5.41) is 3.14. The fraction of sp³-hybridized carbons (Fsp3) is 0.0952. The molecule has 2 aromatic carbocycles. The monoisotopic (exact) mass is 315 g/mol. The van der Waals surface area contributed by atoms with Gasteiger partial charge < -0.3 is 9.73 Å². The van der Waals surface area contributed by atoms with E-state index in [1.54, 1.807) is 0 Å². The standard InChI is InChI=1S/C21H17NO2/c1-15-12-13-19(24-15)21(17-10-6-3-7-11-17)14-18(20(23)22-21)16-8-4-2-5-9-16/h2-14H,1H3,(H,22,23). The smallest absolute Gasteiger partial charge is 0.252 e. The first kappa shape index (κ1) is 14.5. The number of carbonyl (C=O) groups is 1. The molecule has 0 spiro atoms. The van der Waals surface area contributed by atoms with Gasteiger partial charge in [0.25, 0.3) is 5.91 Å². The van der Waals surface area contributed by atoms with Crippen LogP contribution in [0.3, 0.4) is 0 Å². The Morgan fingerprint density at radius 1 is 0.875 bits per heavy atom. The molecule has 1 aliphatic rings. The normalized spacial score (nSPS) is 19.9. The molecule has 1 amide bonds. The van der Waals surface area contributed by atoms with Crippen molar-refractivity contribution in [3.05, 3.63) is 102 Å². The van der Waals surface area contributed by atoms with E-state index >= 15 is 0 Å². The Kier molecular flexibility index (Phi) is 3.35. The highest BCUT2D eigenvalue weighted by molar-refractivity contribution is 6.22. The molecule has 24 heavy (non-hydrogen) atoms. The lowest BCUT2D eigenvalue weighted by molar-refractivity contribution is -0.116. The molecule has 3 nitrogen and oxygen atoms in total. The first-order valence-electron chi connectivity index (χ1n) is 7.92. The Hall–Kier alpha value is -3.07. The Bertz CT molecular complexity index is 909. The Morgan fingerprint density at radius 2 is 1.54 bits per heavy atom. The largest absolute Gasteiger partial charge is 0.463 e. The second kappa shape index (κ2) is 5.53. The molecule has 0 bridgehead atoms. The summed E-state index contributed by atoms with van der Waals surface area (Å²) in [5.74, 6) is 1.43. The SMILES string of the molecule is Cc1ccc(C2(c3ccccc3)C=C(c3ccccc3)C(=O)N2)o1. The maximum absolute atomic E-state index is 12.7. The van der Waals surface area contributed by atoms with Gasteiger partial charge in [-0.25, -0.2) is 0 Å². The number of amides is 1. The predicted molar refractivity (Wildman–Crippen MR) is 93.2 cm³/mol. The van der Waals surface area contributed by atoms with E-state index in [-0.39, 0.29) is 5.91 Å². The fourth-order valence-corrected chi connectivity index (χ4v) is 3.17. The molecule has 3 heteroatoms. The molecule has 0 saturated heterocycles. The summed E-state index contributed by atoms with van der Waals surface area (Å²) in [6.45, 7) is 1.90. The van der Waals surface area contributed by atoms with E-state index in [0.29, 0.717) is 11.3 Å². The zero-order chi connectivity index (χ0) is 16.6. The van der Waals surface area contributed by atoms with Crippen LogP contribution in [0.25, 0.3) is 5.57 Å². The Morgan fingerprint density at radius 3 is 2.17 bits per heavy atom. The summed E-state index contributed by atoms with van der Waals surface area (Å²) >= 11 is 0. The number of hydrogen-bond donors (Lipinski definition) is 1. The van der Waals surface area contributed by atoms with Crippen molar-refractivity contribution < 1.29 is 9.21 Å². The quantitative estimate of drug-likeness (QED) is 0.792. The number of furan rings is 1.